The van der Waals surface area contributed by atoms with Crippen molar-refractivity contribution < 1.29 is 19.8 Å². The molecule has 0 unspecified atom stereocenters. The number of aliphatic carboxylic acids is 1. The van der Waals surface area contributed by atoms with Crippen molar-refractivity contribution in [3.05, 3.63) is 10.6 Å². The zero-order valence-corrected chi connectivity index (χ0v) is 17.5. The molecule has 4 heterocycles. The molecule has 0 bridgehead atoms. The van der Waals surface area contributed by atoms with Gasteiger partial charge >= 0.3 is 5.97 Å². The fraction of sp³-hybridized carbons (Fsp3) is 0.800. The number of carboxylic acid groups (broad SMARTS) is 1. The van der Waals surface area contributed by atoms with Crippen LogP contribution in [0.5, 0.6) is 0 Å². The lowest BCUT2D eigenvalue weighted by Crippen LogP contribution is -2.63. The second-order valence-electron chi connectivity index (χ2n) is 8.75. The largest absolute Gasteiger partial charge is 0.477 e. The van der Waals surface area contributed by atoms with Crippen LogP contribution in [0, 0.1) is 17.8 Å². The van der Waals surface area contributed by atoms with Gasteiger partial charge in [0.05, 0.1) is 18.1 Å². The predicted molar refractivity (Wildman–Crippen MR) is 108 cm³/mol. The molecule has 8 heteroatoms. The number of carbonyl (C=O) groups excluding carboxylic acids is 1. The molecule has 0 aromatic heterocycles. The van der Waals surface area contributed by atoms with Gasteiger partial charge in [-0.25, -0.2) is 4.79 Å². The van der Waals surface area contributed by atoms with Crippen LogP contribution in [0.2, 0.25) is 0 Å². The Labute approximate surface area is 170 Å². The molecule has 7 nitrogen and oxygen atoms in total. The first-order valence-corrected chi connectivity index (χ1v) is 11.3. The van der Waals surface area contributed by atoms with E-state index in [4.69, 9.17) is 0 Å². The van der Waals surface area contributed by atoms with E-state index in [1.807, 2.05) is 6.92 Å². The second kappa shape index (κ2) is 7.97. The number of nitrogens with zero attached hydrogens (tertiary/aromatic N) is 2. The summed E-state index contributed by atoms with van der Waals surface area (Å²) in [6.07, 6.45) is 2.78. The summed E-state index contributed by atoms with van der Waals surface area (Å²) >= 11 is 1.66. The third-order valence-electron chi connectivity index (χ3n) is 6.81. The summed E-state index contributed by atoms with van der Waals surface area (Å²) in [6.45, 7) is 9.02. The Morgan fingerprint density at radius 3 is 2.68 bits per heavy atom. The Kier molecular flexibility index (Phi) is 5.75. The molecule has 4 rings (SSSR count). The van der Waals surface area contributed by atoms with E-state index in [1.165, 1.54) is 17.7 Å². The lowest BCUT2D eigenvalue weighted by molar-refractivity contribution is -0.163. The summed E-state index contributed by atoms with van der Waals surface area (Å²) in [5.41, 5.74) is 0.154. The van der Waals surface area contributed by atoms with Crippen molar-refractivity contribution in [2.75, 3.05) is 32.7 Å². The highest BCUT2D eigenvalue weighted by Gasteiger charge is 2.60. The highest BCUT2D eigenvalue weighted by Crippen LogP contribution is 2.51. The molecule has 0 radical (unpaired) electrons. The molecule has 0 aromatic rings. The number of hydrogen-bond acceptors (Lipinski definition) is 6. The average molecular weight is 410 g/mol. The van der Waals surface area contributed by atoms with Crippen LogP contribution < -0.4 is 5.32 Å². The van der Waals surface area contributed by atoms with Gasteiger partial charge in [-0.05, 0) is 51.7 Å². The van der Waals surface area contributed by atoms with Crippen LogP contribution in [-0.4, -0.2) is 82.0 Å². The SMILES string of the molecule is C[C@@H](O)[C@H]1C(=O)N2C(C(=O)O)=C(S[C@@H]3CCN(CC4CCNCC4)C3)[C@H](C)[C@H]12. The number of carboxylic acids is 1. The van der Waals surface area contributed by atoms with Crippen molar-refractivity contribution in [2.45, 2.75) is 50.5 Å². The van der Waals surface area contributed by atoms with E-state index < -0.39 is 18.0 Å². The molecule has 1 amide bonds. The first kappa shape index (κ1) is 20.2. The maximum Gasteiger partial charge on any atom is 0.353 e. The number of aliphatic hydroxyl groups is 1. The van der Waals surface area contributed by atoms with Gasteiger partial charge in [-0.2, -0.15) is 0 Å². The summed E-state index contributed by atoms with van der Waals surface area (Å²) in [6, 6.07) is -0.214. The van der Waals surface area contributed by atoms with Gasteiger partial charge in [0, 0.05) is 29.2 Å². The lowest BCUT2D eigenvalue weighted by Gasteiger charge is -2.46. The maximum absolute atomic E-state index is 12.4. The fourth-order valence-corrected chi connectivity index (χ4v) is 6.87. The molecule has 28 heavy (non-hydrogen) atoms. The van der Waals surface area contributed by atoms with Gasteiger partial charge < -0.3 is 25.3 Å². The number of fused-ring (bicyclic) bond motifs is 1. The molecule has 0 spiro atoms. The quantitative estimate of drug-likeness (QED) is 0.563. The minimum absolute atomic E-state index is 0.0353. The fourth-order valence-electron chi connectivity index (χ4n) is 5.35. The number of likely N-dealkylation sites (tertiary alicyclic amines) is 1. The van der Waals surface area contributed by atoms with Crippen LogP contribution in [0.1, 0.15) is 33.1 Å². The molecular weight excluding hydrogens is 378 g/mol. The van der Waals surface area contributed by atoms with Gasteiger partial charge in [0.1, 0.15) is 5.70 Å². The molecule has 3 fully saturated rings. The zero-order chi connectivity index (χ0) is 20.0. The third kappa shape index (κ3) is 3.49. The predicted octanol–water partition coefficient (Wildman–Crippen LogP) is 0.947. The van der Waals surface area contributed by atoms with Crippen LogP contribution in [0.3, 0.4) is 0 Å². The Morgan fingerprint density at radius 1 is 1.32 bits per heavy atom. The monoisotopic (exact) mass is 409 g/mol. The molecule has 5 atom stereocenters. The third-order valence-corrected chi connectivity index (χ3v) is 8.35. The minimum atomic E-state index is -1.03. The number of amides is 1. The Hall–Kier alpha value is -1.09. The van der Waals surface area contributed by atoms with Crippen LogP contribution >= 0.6 is 11.8 Å². The van der Waals surface area contributed by atoms with Gasteiger partial charge in [-0.3, -0.25) is 4.79 Å². The van der Waals surface area contributed by atoms with Crippen molar-refractivity contribution >= 4 is 23.6 Å². The zero-order valence-electron chi connectivity index (χ0n) is 16.6. The number of carbonyl (C=O) groups is 2. The van der Waals surface area contributed by atoms with E-state index in [-0.39, 0.29) is 23.6 Å². The number of thioether (sulfide) groups is 1. The van der Waals surface area contributed by atoms with Gasteiger partial charge in [-0.15, -0.1) is 11.8 Å². The Balaban J connectivity index is 1.42. The highest BCUT2D eigenvalue weighted by molar-refractivity contribution is 8.03. The normalized spacial score (nSPS) is 35.2. The maximum atomic E-state index is 12.4. The van der Waals surface area contributed by atoms with Crippen LogP contribution in [-0.2, 0) is 9.59 Å². The molecule has 0 aliphatic carbocycles. The van der Waals surface area contributed by atoms with Crippen molar-refractivity contribution in [1.29, 1.82) is 0 Å². The molecule has 3 saturated heterocycles. The summed E-state index contributed by atoms with van der Waals surface area (Å²) in [5, 5.41) is 23.5. The molecule has 0 aromatic carbocycles. The van der Waals surface area contributed by atoms with Gasteiger partial charge in [0.25, 0.3) is 0 Å². The van der Waals surface area contributed by atoms with E-state index in [9.17, 15) is 19.8 Å². The molecule has 4 aliphatic rings. The smallest absolute Gasteiger partial charge is 0.353 e. The van der Waals surface area contributed by atoms with E-state index in [0.717, 1.165) is 50.0 Å². The van der Waals surface area contributed by atoms with Gasteiger partial charge in [0.15, 0.2) is 0 Å². The lowest BCUT2D eigenvalue weighted by atomic mass is 9.79. The second-order valence-corrected chi connectivity index (χ2v) is 10.1. The summed E-state index contributed by atoms with van der Waals surface area (Å²) in [4.78, 5) is 29.1. The Bertz CT molecular complexity index is 676. The van der Waals surface area contributed by atoms with Crippen LogP contribution in [0.15, 0.2) is 10.6 Å². The minimum Gasteiger partial charge on any atom is -0.477 e. The summed E-state index contributed by atoms with van der Waals surface area (Å²) in [5.74, 6) is -1.04. The first-order valence-electron chi connectivity index (χ1n) is 10.5. The van der Waals surface area contributed by atoms with Crippen LogP contribution in [0.4, 0.5) is 0 Å². The van der Waals surface area contributed by atoms with Crippen molar-refractivity contribution in [1.82, 2.24) is 15.1 Å². The van der Waals surface area contributed by atoms with Crippen molar-refractivity contribution in [2.24, 2.45) is 17.8 Å². The standard InChI is InChI=1S/C20H31N3O4S/c1-11-16-15(12(2)24)19(25)23(16)17(20(26)27)18(11)28-14-5-8-22(10-14)9-13-3-6-21-7-4-13/h11-16,21,24H,3-10H2,1-2H3,(H,26,27)/t11-,12-,14-,15-,16-/m1/s1. The summed E-state index contributed by atoms with van der Waals surface area (Å²) in [7, 11) is 0. The van der Waals surface area contributed by atoms with Gasteiger partial charge in [-0.1, -0.05) is 6.92 Å². The highest BCUT2D eigenvalue weighted by atomic mass is 32.2. The number of hydrogen-bond donors (Lipinski definition) is 3. The molecule has 3 N–H and O–H groups in total. The molecule has 0 saturated carbocycles. The van der Waals surface area contributed by atoms with E-state index in [1.54, 1.807) is 18.7 Å². The van der Waals surface area contributed by atoms with Crippen LogP contribution in [0.25, 0.3) is 0 Å². The number of nitrogens with one attached hydrogen (secondary N) is 1. The van der Waals surface area contributed by atoms with Crippen molar-refractivity contribution in [3.8, 4) is 0 Å². The number of rotatable bonds is 6. The molecule has 156 valence electrons. The number of β-lactam (4-membered cyclic amide) rings is 1. The van der Waals surface area contributed by atoms with Gasteiger partial charge in [0.2, 0.25) is 5.91 Å². The average Bonchev–Trinajstić information content (AvgIpc) is 3.17. The number of aliphatic hydroxyl groups excluding tert-OH is 1. The molecular formula is C20H31N3O4S. The molecule has 4 aliphatic heterocycles. The first-order chi connectivity index (χ1) is 13.4. The van der Waals surface area contributed by atoms with E-state index in [0.29, 0.717) is 5.25 Å². The topological polar surface area (TPSA) is 93.1 Å². The Morgan fingerprint density at radius 2 is 2.04 bits per heavy atom. The summed E-state index contributed by atoms with van der Waals surface area (Å²) < 4.78 is 0. The van der Waals surface area contributed by atoms with E-state index in [2.05, 4.69) is 10.2 Å². The number of piperidine rings is 1. The van der Waals surface area contributed by atoms with E-state index >= 15 is 0 Å². The van der Waals surface area contributed by atoms with Crippen molar-refractivity contribution in [3.63, 3.8) is 0 Å².